The second-order valence-corrected chi connectivity index (χ2v) is 2.98. The Hall–Kier alpha value is -0.990. The third-order valence-electron chi connectivity index (χ3n) is 2.24. The molecule has 3 heteroatoms. The van der Waals surface area contributed by atoms with Gasteiger partial charge in [-0.3, -0.25) is 4.57 Å². The van der Waals surface area contributed by atoms with Gasteiger partial charge in [0.2, 0.25) is 0 Å². The van der Waals surface area contributed by atoms with Gasteiger partial charge in [-0.1, -0.05) is 0 Å². The van der Waals surface area contributed by atoms with E-state index in [2.05, 4.69) is 0 Å². The van der Waals surface area contributed by atoms with Crippen LogP contribution in [0.25, 0.3) is 0 Å². The first-order valence-electron chi connectivity index (χ1n) is 3.98. The largest absolute Gasteiger partial charge is 0.419 e. The SMILES string of the molecule is Cc1oc(=O)n2c1CCCC2. The fourth-order valence-corrected chi connectivity index (χ4v) is 1.64. The smallest absolute Gasteiger partial charge is 0.413 e. The number of hydrogen-bond acceptors (Lipinski definition) is 2. The summed E-state index contributed by atoms with van der Waals surface area (Å²) >= 11 is 0. The molecule has 0 radical (unpaired) electrons. The van der Waals surface area contributed by atoms with Crippen LogP contribution < -0.4 is 5.76 Å². The van der Waals surface area contributed by atoms with Crippen LogP contribution in [0, 0.1) is 6.92 Å². The summed E-state index contributed by atoms with van der Waals surface area (Å²) in [7, 11) is 0. The molecule has 1 aliphatic rings. The van der Waals surface area contributed by atoms with Gasteiger partial charge in [0.1, 0.15) is 5.76 Å². The summed E-state index contributed by atoms with van der Waals surface area (Å²) in [5.74, 6) is 0.618. The van der Waals surface area contributed by atoms with Crippen molar-refractivity contribution in [3.05, 3.63) is 22.0 Å². The summed E-state index contributed by atoms with van der Waals surface area (Å²) in [6, 6.07) is 0. The maximum absolute atomic E-state index is 11.1. The standard InChI is InChI=1S/C8H11NO2/c1-6-7-4-2-3-5-9(7)8(10)11-6/h2-5H2,1H3. The highest BCUT2D eigenvalue weighted by atomic mass is 16.4. The molecule has 0 fully saturated rings. The lowest BCUT2D eigenvalue weighted by Gasteiger charge is -2.11. The molecule has 1 aliphatic heterocycles. The van der Waals surface area contributed by atoms with Gasteiger partial charge in [-0.2, -0.15) is 0 Å². The van der Waals surface area contributed by atoms with Crippen molar-refractivity contribution in [1.82, 2.24) is 4.57 Å². The summed E-state index contributed by atoms with van der Waals surface area (Å²) in [6.45, 7) is 2.70. The van der Waals surface area contributed by atoms with Gasteiger partial charge in [0.15, 0.2) is 0 Å². The summed E-state index contributed by atoms with van der Waals surface area (Å²) in [4.78, 5) is 11.1. The second kappa shape index (κ2) is 2.26. The van der Waals surface area contributed by atoms with Crippen molar-refractivity contribution < 1.29 is 4.42 Å². The Balaban J connectivity index is 2.61. The minimum atomic E-state index is -0.183. The number of aryl methyl sites for hydroxylation is 1. The molecule has 0 saturated carbocycles. The lowest BCUT2D eigenvalue weighted by molar-refractivity contribution is 0.447. The van der Waals surface area contributed by atoms with E-state index in [1.54, 1.807) is 4.57 Å². The fraction of sp³-hybridized carbons (Fsp3) is 0.625. The maximum Gasteiger partial charge on any atom is 0.419 e. The van der Waals surface area contributed by atoms with Gasteiger partial charge in [-0.25, -0.2) is 4.79 Å². The van der Waals surface area contributed by atoms with E-state index in [4.69, 9.17) is 4.42 Å². The van der Waals surface area contributed by atoms with Gasteiger partial charge in [-0.15, -0.1) is 0 Å². The van der Waals surface area contributed by atoms with Crippen molar-refractivity contribution in [2.45, 2.75) is 32.7 Å². The van der Waals surface area contributed by atoms with Gasteiger partial charge in [0.25, 0.3) is 0 Å². The Morgan fingerprint density at radius 1 is 1.45 bits per heavy atom. The average molecular weight is 153 g/mol. The zero-order valence-electron chi connectivity index (χ0n) is 6.59. The Kier molecular flexibility index (Phi) is 1.37. The molecule has 3 nitrogen and oxygen atoms in total. The first kappa shape index (κ1) is 6.70. The van der Waals surface area contributed by atoms with Crippen LogP contribution in [0.1, 0.15) is 24.3 Å². The van der Waals surface area contributed by atoms with Crippen molar-refractivity contribution in [2.75, 3.05) is 0 Å². The van der Waals surface area contributed by atoms with Crippen LogP contribution in [-0.4, -0.2) is 4.57 Å². The third-order valence-corrected chi connectivity index (χ3v) is 2.24. The number of nitrogens with zero attached hydrogens (tertiary/aromatic N) is 1. The van der Waals surface area contributed by atoms with Gasteiger partial charge < -0.3 is 4.42 Å². The molecule has 2 rings (SSSR count). The minimum absolute atomic E-state index is 0.183. The molecule has 0 spiro atoms. The average Bonchev–Trinajstić information content (AvgIpc) is 2.30. The number of aromatic nitrogens is 1. The molecule has 0 unspecified atom stereocenters. The molecule has 2 heterocycles. The predicted octanol–water partition coefficient (Wildman–Crippen LogP) is 1.09. The number of fused-ring (bicyclic) bond motifs is 1. The van der Waals surface area contributed by atoms with Crippen LogP contribution in [0.2, 0.25) is 0 Å². The van der Waals surface area contributed by atoms with Crippen molar-refractivity contribution in [2.24, 2.45) is 0 Å². The lowest BCUT2D eigenvalue weighted by atomic mass is 10.1. The van der Waals surface area contributed by atoms with E-state index in [-0.39, 0.29) is 5.76 Å². The Labute approximate surface area is 64.6 Å². The summed E-state index contributed by atoms with van der Waals surface area (Å²) in [5.41, 5.74) is 1.10. The molecule has 1 aromatic heterocycles. The summed E-state index contributed by atoms with van der Waals surface area (Å²) in [5, 5.41) is 0. The molecule has 0 aliphatic carbocycles. The third kappa shape index (κ3) is 0.914. The van der Waals surface area contributed by atoms with Crippen LogP contribution in [0.4, 0.5) is 0 Å². The van der Waals surface area contributed by atoms with Gasteiger partial charge in [-0.05, 0) is 26.2 Å². The quantitative estimate of drug-likeness (QED) is 0.559. The Morgan fingerprint density at radius 3 is 3.00 bits per heavy atom. The van der Waals surface area contributed by atoms with Crippen molar-refractivity contribution in [3.63, 3.8) is 0 Å². The van der Waals surface area contributed by atoms with Crippen molar-refractivity contribution in [1.29, 1.82) is 0 Å². The van der Waals surface area contributed by atoms with Crippen LogP contribution in [0.15, 0.2) is 9.21 Å². The number of rotatable bonds is 0. The Bertz CT molecular complexity index is 321. The topological polar surface area (TPSA) is 35.1 Å². The van der Waals surface area contributed by atoms with E-state index in [0.717, 1.165) is 30.8 Å². The summed E-state index contributed by atoms with van der Waals surface area (Å²) in [6.07, 6.45) is 3.28. The van der Waals surface area contributed by atoms with E-state index in [0.29, 0.717) is 0 Å². The lowest BCUT2D eigenvalue weighted by Crippen LogP contribution is -2.20. The highest BCUT2D eigenvalue weighted by Crippen LogP contribution is 2.15. The molecule has 0 saturated heterocycles. The maximum atomic E-state index is 11.1. The summed E-state index contributed by atoms with van der Waals surface area (Å²) < 4.78 is 6.72. The molecule has 1 aromatic rings. The molecule has 0 atom stereocenters. The Morgan fingerprint density at radius 2 is 2.27 bits per heavy atom. The van der Waals surface area contributed by atoms with Gasteiger partial charge in [0, 0.05) is 6.54 Å². The normalized spacial score (nSPS) is 16.5. The molecular formula is C8H11NO2. The molecule has 60 valence electrons. The predicted molar refractivity (Wildman–Crippen MR) is 40.6 cm³/mol. The zero-order valence-corrected chi connectivity index (χ0v) is 6.59. The van der Waals surface area contributed by atoms with E-state index in [1.807, 2.05) is 6.92 Å². The zero-order chi connectivity index (χ0) is 7.84. The molecule has 0 aromatic carbocycles. The minimum Gasteiger partial charge on any atom is -0.413 e. The van der Waals surface area contributed by atoms with Crippen LogP contribution in [0.3, 0.4) is 0 Å². The monoisotopic (exact) mass is 153 g/mol. The molecular weight excluding hydrogens is 142 g/mol. The van der Waals surface area contributed by atoms with Crippen LogP contribution >= 0.6 is 0 Å². The van der Waals surface area contributed by atoms with Crippen LogP contribution in [0.5, 0.6) is 0 Å². The van der Waals surface area contributed by atoms with E-state index < -0.39 is 0 Å². The molecule has 0 N–H and O–H groups in total. The van der Waals surface area contributed by atoms with E-state index >= 15 is 0 Å². The highest BCUT2D eigenvalue weighted by molar-refractivity contribution is 5.09. The van der Waals surface area contributed by atoms with Crippen molar-refractivity contribution >= 4 is 0 Å². The second-order valence-electron chi connectivity index (χ2n) is 2.98. The fourth-order valence-electron chi connectivity index (χ4n) is 1.64. The number of oxazole rings is 1. The van der Waals surface area contributed by atoms with Crippen molar-refractivity contribution in [3.8, 4) is 0 Å². The first-order chi connectivity index (χ1) is 5.29. The van der Waals surface area contributed by atoms with E-state index in [1.165, 1.54) is 6.42 Å². The van der Waals surface area contributed by atoms with Gasteiger partial charge in [0.05, 0.1) is 5.69 Å². The molecule has 11 heavy (non-hydrogen) atoms. The molecule has 0 amide bonds. The van der Waals surface area contributed by atoms with Crippen LogP contribution in [-0.2, 0) is 13.0 Å². The number of hydrogen-bond donors (Lipinski definition) is 0. The van der Waals surface area contributed by atoms with Gasteiger partial charge >= 0.3 is 5.76 Å². The highest BCUT2D eigenvalue weighted by Gasteiger charge is 2.15. The van der Waals surface area contributed by atoms with E-state index in [9.17, 15) is 4.79 Å². The first-order valence-corrected chi connectivity index (χ1v) is 3.98. The molecule has 0 bridgehead atoms.